The quantitative estimate of drug-likeness (QED) is 0.623. The third-order valence-electron chi connectivity index (χ3n) is 3.44. The predicted molar refractivity (Wildman–Crippen MR) is 71.1 cm³/mol. The standard InChI is InChI=1S/C13H27N3O/c1-3-12(4-2)15-13(17)11-14-7-10-16-8-5-6-9-16/h12,14H,3-11H2,1-2H3,(H,15,17). The molecule has 0 aromatic carbocycles. The lowest BCUT2D eigenvalue weighted by Crippen LogP contribution is -2.41. The van der Waals surface area contributed by atoms with Crippen LogP contribution in [0, 0.1) is 0 Å². The summed E-state index contributed by atoms with van der Waals surface area (Å²) in [5.41, 5.74) is 0. The first-order chi connectivity index (χ1) is 8.26. The average Bonchev–Trinajstić information content (AvgIpc) is 2.84. The van der Waals surface area contributed by atoms with Gasteiger partial charge in [0.25, 0.3) is 0 Å². The maximum Gasteiger partial charge on any atom is 0.234 e. The van der Waals surface area contributed by atoms with Crippen molar-refractivity contribution < 1.29 is 4.79 Å². The molecule has 1 heterocycles. The van der Waals surface area contributed by atoms with Crippen LogP contribution in [0.4, 0.5) is 0 Å². The average molecular weight is 241 g/mol. The van der Waals surface area contributed by atoms with Gasteiger partial charge in [-0.3, -0.25) is 4.79 Å². The second-order valence-electron chi connectivity index (χ2n) is 4.81. The number of rotatable bonds is 8. The molecule has 1 aliphatic heterocycles. The zero-order valence-electron chi connectivity index (χ0n) is 11.3. The van der Waals surface area contributed by atoms with Gasteiger partial charge in [-0.05, 0) is 38.8 Å². The van der Waals surface area contributed by atoms with E-state index >= 15 is 0 Å². The van der Waals surface area contributed by atoms with Gasteiger partial charge in [0.1, 0.15) is 0 Å². The molecule has 0 aromatic heterocycles. The Morgan fingerprint density at radius 2 is 1.88 bits per heavy atom. The zero-order valence-corrected chi connectivity index (χ0v) is 11.3. The largest absolute Gasteiger partial charge is 0.352 e. The monoisotopic (exact) mass is 241 g/mol. The summed E-state index contributed by atoms with van der Waals surface area (Å²) >= 11 is 0. The normalized spacial score (nSPS) is 16.6. The Labute approximate surface area is 105 Å². The second-order valence-corrected chi connectivity index (χ2v) is 4.81. The van der Waals surface area contributed by atoms with Crippen molar-refractivity contribution in [2.45, 2.75) is 45.6 Å². The van der Waals surface area contributed by atoms with Crippen LogP contribution < -0.4 is 10.6 Å². The van der Waals surface area contributed by atoms with Crippen molar-refractivity contribution in [3.8, 4) is 0 Å². The van der Waals surface area contributed by atoms with Gasteiger partial charge < -0.3 is 15.5 Å². The van der Waals surface area contributed by atoms with Gasteiger partial charge in [0.15, 0.2) is 0 Å². The van der Waals surface area contributed by atoms with Gasteiger partial charge in [0, 0.05) is 19.1 Å². The fourth-order valence-electron chi connectivity index (χ4n) is 2.22. The Kier molecular flexibility index (Phi) is 7.21. The van der Waals surface area contributed by atoms with Crippen LogP contribution in [-0.2, 0) is 4.79 Å². The van der Waals surface area contributed by atoms with Crippen molar-refractivity contribution in [1.82, 2.24) is 15.5 Å². The highest BCUT2D eigenvalue weighted by molar-refractivity contribution is 5.78. The van der Waals surface area contributed by atoms with E-state index in [0.717, 1.165) is 25.9 Å². The molecule has 0 aromatic rings. The summed E-state index contributed by atoms with van der Waals surface area (Å²) < 4.78 is 0. The Bertz CT molecular complexity index is 211. The topological polar surface area (TPSA) is 44.4 Å². The molecule has 4 heteroatoms. The molecule has 0 radical (unpaired) electrons. The Morgan fingerprint density at radius 3 is 2.47 bits per heavy atom. The molecule has 1 amide bonds. The minimum atomic E-state index is 0.125. The van der Waals surface area contributed by atoms with Crippen LogP contribution in [0.15, 0.2) is 0 Å². The summed E-state index contributed by atoms with van der Waals surface area (Å²) in [5, 5.41) is 6.24. The van der Waals surface area contributed by atoms with Crippen LogP contribution in [-0.4, -0.2) is 49.6 Å². The highest BCUT2D eigenvalue weighted by Gasteiger charge is 2.11. The molecule has 0 spiro atoms. The van der Waals surface area contributed by atoms with Crippen molar-refractivity contribution in [1.29, 1.82) is 0 Å². The first-order valence-electron chi connectivity index (χ1n) is 6.98. The summed E-state index contributed by atoms with van der Waals surface area (Å²) in [6.45, 7) is 9.09. The summed E-state index contributed by atoms with van der Waals surface area (Å²) in [6, 6.07) is 0.336. The zero-order chi connectivity index (χ0) is 12.5. The van der Waals surface area contributed by atoms with Gasteiger partial charge in [-0.2, -0.15) is 0 Å². The lowest BCUT2D eigenvalue weighted by Gasteiger charge is -2.16. The summed E-state index contributed by atoms with van der Waals surface area (Å²) in [7, 11) is 0. The molecule has 17 heavy (non-hydrogen) atoms. The van der Waals surface area contributed by atoms with Crippen LogP contribution in [0.2, 0.25) is 0 Å². The van der Waals surface area contributed by atoms with Gasteiger partial charge >= 0.3 is 0 Å². The highest BCUT2D eigenvalue weighted by atomic mass is 16.1. The molecule has 1 rings (SSSR count). The first-order valence-corrected chi connectivity index (χ1v) is 6.98. The van der Waals surface area contributed by atoms with Crippen LogP contribution in [0.1, 0.15) is 39.5 Å². The number of likely N-dealkylation sites (tertiary alicyclic amines) is 1. The van der Waals surface area contributed by atoms with Gasteiger partial charge in [0.2, 0.25) is 5.91 Å². The molecule has 0 unspecified atom stereocenters. The molecule has 4 nitrogen and oxygen atoms in total. The van der Waals surface area contributed by atoms with E-state index in [1.54, 1.807) is 0 Å². The van der Waals surface area contributed by atoms with Crippen LogP contribution >= 0.6 is 0 Å². The lowest BCUT2D eigenvalue weighted by atomic mass is 10.2. The number of hydrogen-bond acceptors (Lipinski definition) is 3. The van der Waals surface area contributed by atoms with Crippen molar-refractivity contribution in [3.05, 3.63) is 0 Å². The molecule has 0 saturated carbocycles. The minimum absolute atomic E-state index is 0.125. The second kappa shape index (κ2) is 8.48. The first kappa shape index (κ1) is 14.5. The number of nitrogens with zero attached hydrogens (tertiary/aromatic N) is 1. The molecule has 0 aliphatic carbocycles. The van der Waals surface area contributed by atoms with Crippen LogP contribution in [0.5, 0.6) is 0 Å². The van der Waals surface area contributed by atoms with E-state index < -0.39 is 0 Å². The molecule has 1 fully saturated rings. The Morgan fingerprint density at radius 1 is 1.24 bits per heavy atom. The number of carbonyl (C=O) groups excluding carboxylic acids is 1. The SMILES string of the molecule is CCC(CC)NC(=O)CNCCN1CCCC1. The van der Waals surface area contributed by atoms with E-state index in [-0.39, 0.29) is 5.91 Å². The fraction of sp³-hybridized carbons (Fsp3) is 0.923. The number of amides is 1. The number of nitrogens with one attached hydrogen (secondary N) is 2. The van der Waals surface area contributed by atoms with E-state index in [0.29, 0.717) is 12.6 Å². The fourth-order valence-corrected chi connectivity index (χ4v) is 2.22. The summed E-state index contributed by atoms with van der Waals surface area (Å²) in [5.74, 6) is 0.125. The molecular formula is C13H27N3O. The molecule has 100 valence electrons. The van der Waals surface area contributed by atoms with E-state index in [9.17, 15) is 4.79 Å². The molecule has 0 bridgehead atoms. The smallest absolute Gasteiger partial charge is 0.234 e. The third kappa shape index (κ3) is 6.03. The van der Waals surface area contributed by atoms with Gasteiger partial charge in [-0.15, -0.1) is 0 Å². The maximum atomic E-state index is 11.6. The summed E-state index contributed by atoms with van der Waals surface area (Å²) in [4.78, 5) is 14.0. The molecular weight excluding hydrogens is 214 g/mol. The molecule has 1 aliphatic rings. The lowest BCUT2D eigenvalue weighted by molar-refractivity contribution is -0.121. The van der Waals surface area contributed by atoms with E-state index in [1.807, 2.05) is 0 Å². The Hall–Kier alpha value is -0.610. The Balaban J connectivity index is 1.99. The summed E-state index contributed by atoms with van der Waals surface area (Å²) in [6.07, 6.45) is 4.68. The van der Waals surface area contributed by atoms with E-state index in [1.165, 1.54) is 25.9 Å². The maximum absolute atomic E-state index is 11.6. The van der Waals surface area contributed by atoms with Crippen molar-refractivity contribution in [2.24, 2.45) is 0 Å². The van der Waals surface area contributed by atoms with Crippen LogP contribution in [0.3, 0.4) is 0 Å². The van der Waals surface area contributed by atoms with Gasteiger partial charge in [0.05, 0.1) is 6.54 Å². The number of hydrogen-bond donors (Lipinski definition) is 2. The minimum Gasteiger partial charge on any atom is -0.352 e. The van der Waals surface area contributed by atoms with E-state index in [2.05, 4.69) is 29.4 Å². The van der Waals surface area contributed by atoms with E-state index in [4.69, 9.17) is 0 Å². The van der Waals surface area contributed by atoms with Crippen LogP contribution in [0.25, 0.3) is 0 Å². The third-order valence-corrected chi connectivity index (χ3v) is 3.44. The molecule has 1 saturated heterocycles. The predicted octanol–water partition coefficient (Wildman–Crippen LogP) is 0.977. The van der Waals surface area contributed by atoms with Crippen molar-refractivity contribution in [3.63, 3.8) is 0 Å². The van der Waals surface area contributed by atoms with Gasteiger partial charge in [-0.1, -0.05) is 13.8 Å². The number of carbonyl (C=O) groups is 1. The van der Waals surface area contributed by atoms with Gasteiger partial charge in [-0.25, -0.2) is 0 Å². The molecule has 0 atom stereocenters. The van der Waals surface area contributed by atoms with Crippen molar-refractivity contribution >= 4 is 5.91 Å². The highest BCUT2D eigenvalue weighted by Crippen LogP contribution is 2.05. The van der Waals surface area contributed by atoms with Crippen molar-refractivity contribution in [2.75, 3.05) is 32.7 Å². The molecule has 2 N–H and O–H groups in total.